The molecule has 12 heteroatoms. The Morgan fingerprint density at radius 1 is 0.840 bits per heavy atom. The van der Waals surface area contributed by atoms with Gasteiger partial charge in [-0.1, -0.05) is 0 Å². The third-order valence-electron chi connectivity index (χ3n) is 3.37. The van der Waals surface area contributed by atoms with Crippen molar-refractivity contribution in [3.63, 3.8) is 0 Å². The van der Waals surface area contributed by atoms with Gasteiger partial charge in [-0.2, -0.15) is 0 Å². The Morgan fingerprint density at radius 3 is 1.40 bits per heavy atom. The van der Waals surface area contributed by atoms with Crippen LogP contribution in [0.3, 0.4) is 0 Å². The van der Waals surface area contributed by atoms with Gasteiger partial charge in [-0.3, -0.25) is 0 Å². The molecule has 0 aliphatic rings. The van der Waals surface area contributed by atoms with Crippen LogP contribution < -0.4 is 5.32 Å². The minimum Gasteiger partial charge on any atom is -0.465 e. The van der Waals surface area contributed by atoms with Gasteiger partial charge in [-0.05, 0) is 65.3 Å². The number of amides is 1. The number of carbonyl (C=O) groups is 1. The Morgan fingerprint density at radius 2 is 1.16 bits per heavy atom. The molecule has 0 fully saturated rings. The standard InChI is InChI=1S/C13H39NO5Si6/c1-23(2,3)17-20-13(10-11-14-12(15)16,21-18-24(4,5)6)22-19-25(7,8)9/h14H,10-11,20-22H2,1-9H3,(H,15,16). The molecule has 0 aliphatic heterocycles. The van der Waals surface area contributed by atoms with Crippen LogP contribution >= 0.6 is 0 Å². The predicted octanol–water partition coefficient (Wildman–Crippen LogP) is 1.52. The average Bonchev–Trinajstić information content (AvgIpc) is 2.37. The van der Waals surface area contributed by atoms with Crippen LogP contribution in [0.15, 0.2) is 0 Å². The van der Waals surface area contributed by atoms with E-state index in [1.807, 2.05) is 0 Å². The first-order chi connectivity index (χ1) is 11.0. The molecule has 0 aliphatic carbocycles. The highest BCUT2D eigenvalue weighted by atomic mass is 28.4. The van der Waals surface area contributed by atoms with E-state index in [2.05, 4.69) is 64.2 Å². The normalized spacial score (nSPS) is 17.2. The number of hydrogen-bond acceptors (Lipinski definition) is 4. The Hall–Kier alpha value is 0.451. The van der Waals surface area contributed by atoms with E-state index < -0.39 is 60.3 Å². The second-order valence-electron chi connectivity index (χ2n) is 9.69. The summed E-state index contributed by atoms with van der Waals surface area (Å²) in [5.41, 5.74) is 0. The van der Waals surface area contributed by atoms with Crippen molar-refractivity contribution in [2.75, 3.05) is 6.54 Å². The maximum atomic E-state index is 10.9. The summed E-state index contributed by atoms with van der Waals surface area (Å²) >= 11 is 0. The van der Waals surface area contributed by atoms with E-state index in [9.17, 15) is 4.79 Å². The lowest BCUT2D eigenvalue weighted by molar-refractivity contribution is 0.194. The first kappa shape index (κ1) is 25.5. The van der Waals surface area contributed by atoms with Crippen LogP contribution in [0.2, 0.25) is 63.2 Å². The summed E-state index contributed by atoms with van der Waals surface area (Å²) in [5.74, 6) is 0. The molecule has 0 saturated heterocycles. The van der Waals surface area contributed by atoms with E-state index in [0.717, 1.165) is 6.42 Å². The van der Waals surface area contributed by atoms with Gasteiger partial charge in [-0.25, -0.2) is 4.79 Å². The predicted molar refractivity (Wildman–Crippen MR) is 122 cm³/mol. The smallest absolute Gasteiger partial charge is 0.404 e. The van der Waals surface area contributed by atoms with Crippen LogP contribution in [-0.2, 0) is 12.3 Å². The van der Waals surface area contributed by atoms with Gasteiger partial charge in [0.25, 0.3) is 0 Å². The molecule has 0 rings (SSSR count). The molecule has 25 heavy (non-hydrogen) atoms. The average molecular weight is 458 g/mol. The Kier molecular flexibility index (Phi) is 10.3. The summed E-state index contributed by atoms with van der Waals surface area (Å²) in [7, 11) is -7.26. The van der Waals surface area contributed by atoms with Crippen molar-refractivity contribution in [2.24, 2.45) is 0 Å². The summed E-state index contributed by atoms with van der Waals surface area (Å²) in [6.45, 7) is 20.5. The number of nitrogens with one attached hydrogen (secondary N) is 1. The van der Waals surface area contributed by atoms with E-state index in [0.29, 0.717) is 6.54 Å². The molecular weight excluding hydrogens is 419 g/mol. The molecule has 0 saturated carbocycles. The topological polar surface area (TPSA) is 77.0 Å². The molecule has 0 aromatic carbocycles. The fraction of sp³-hybridized carbons (Fsp3) is 0.923. The van der Waals surface area contributed by atoms with Gasteiger partial charge in [0.1, 0.15) is 0 Å². The zero-order valence-electron chi connectivity index (χ0n) is 17.6. The SMILES string of the molecule is C[Si](C)(C)O[SiH2]C(CCNC(=O)O)([SiH2]O[Si](C)(C)C)[SiH2]O[Si](C)(C)C. The molecule has 0 heterocycles. The Balaban J connectivity index is 5.29. The van der Waals surface area contributed by atoms with Crippen molar-refractivity contribution >= 4 is 60.3 Å². The van der Waals surface area contributed by atoms with E-state index in [4.69, 9.17) is 17.5 Å². The van der Waals surface area contributed by atoms with Crippen LogP contribution in [0.25, 0.3) is 0 Å². The lowest BCUT2D eigenvalue weighted by atomic mass is 10.5. The lowest BCUT2D eigenvalue weighted by Gasteiger charge is -2.38. The summed E-state index contributed by atoms with van der Waals surface area (Å²) in [6, 6.07) is 0. The number of rotatable bonds is 12. The Bertz CT molecular complexity index is 373. The van der Waals surface area contributed by atoms with Crippen LogP contribution in [0.5, 0.6) is 0 Å². The highest BCUT2D eigenvalue weighted by Gasteiger charge is 2.38. The third-order valence-corrected chi connectivity index (χ3v) is 22.1. The second-order valence-corrected chi connectivity index (χ2v) is 34.2. The zero-order valence-corrected chi connectivity index (χ0v) is 24.9. The van der Waals surface area contributed by atoms with E-state index in [1.54, 1.807) is 0 Å². The molecule has 0 aromatic heterocycles. The van der Waals surface area contributed by atoms with Crippen molar-refractivity contribution in [1.82, 2.24) is 5.32 Å². The molecule has 0 radical (unpaired) electrons. The summed E-state index contributed by atoms with van der Waals surface area (Å²) in [5, 5.41) is 11.5. The van der Waals surface area contributed by atoms with Gasteiger partial charge < -0.3 is 22.8 Å². The first-order valence-corrected chi connectivity index (χ1v) is 23.0. The minimum atomic E-state index is -1.60. The summed E-state index contributed by atoms with van der Waals surface area (Å²) in [6.07, 6.45) is -0.133. The van der Waals surface area contributed by atoms with Crippen molar-refractivity contribution in [3.05, 3.63) is 0 Å². The quantitative estimate of drug-likeness (QED) is 0.434. The fourth-order valence-corrected chi connectivity index (χ4v) is 18.2. The molecule has 1 amide bonds. The van der Waals surface area contributed by atoms with Crippen molar-refractivity contribution in [2.45, 2.75) is 69.6 Å². The van der Waals surface area contributed by atoms with Crippen LogP contribution in [0, 0.1) is 0 Å². The highest BCUT2D eigenvalue weighted by molar-refractivity contribution is 6.86. The molecule has 0 atom stereocenters. The fourth-order valence-electron chi connectivity index (χ4n) is 1.88. The maximum absolute atomic E-state index is 10.9. The molecule has 6 nitrogen and oxygen atoms in total. The van der Waals surface area contributed by atoms with Crippen molar-refractivity contribution in [1.29, 1.82) is 0 Å². The largest absolute Gasteiger partial charge is 0.465 e. The lowest BCUT2D eigenvalue weighted by Crippen LogP contribution is -2.48. The third kappa shape index (κ3) is 15.2. The molecule has 2 N–H and O–H groups in total. The number of carboxylic acid groups (broad SMARTS) is 1. The summed E-state index contributed by atoms with van der Waals surface area (Å²) in [4.78, 5) is 10.9. The molecule has 150 valence electrons. The second kappa shape index (κ2) is 10.1. The maximum Gasteiger partial charge on any atom is 0.404 e. The molecular formula is C13H39NO5Si6. The molecule has 0 aromatic rings. The van der Waals surface area contributed by atoms with Gasteiger partial charge in [0.05, 0.1) is 0 Å². The Labute approximate surface area is 164 Å². The van der Waals surface area contributed by atoms with Gasteiger partial charge in [0.15, 0.2) is 54.2 Å². The van der Waals surface area contributed by atoms with Crippen LogP contribution in [0.1, 0.15) is 6.42 Å². The molecule has 0 spiro atoms. The van der Waals surface area contributed by atoms with Crippen LogP contribution in [-0.4, -0.2) is 72.0 Å². The minimum absolute atomic E-state index is 0.0866. The van der Waals surface area contributed by atoms with Gasteiger partial charge in [-0.15, -0.1) is 0 Å². The summed E-state index contributed by atoms with van der Waals surface area (Å²) < 4.78 is 19.4. The van der Waals surface area contributed by atoms with Gasteiger partial charge >= 0.3 is 6.09 Å². The van der Waals surface area contributed by atoms with Gasteiger partial charge in [0, 0.05) is 10.8 Å². The molecule has 0 bridgehead atoms. The molecule has 0 unspecified atom stereocenters. The monoisotopic (exact) mass is 457 g/mol. The first-order valence-electron chi connectivity index (χ1n) is 8.92. The van der Waals surface area contributed by atoms with E-state index >= 15 is 0 Å². The zero-order chi connectivity index (χ0) is 19.9. The number of hydrogen-bond donors (Lipinski definition) is 2. The van der Waals surface area contributed by atoms with E-state index in [-0.39, 0.29) is 4.28 Å². The highest BCUT2D eigenvalue weighted by Crippen LogP contribution is 2.30. The van der Waals surface area contributed by atoms with Crippen molar-refractivity contribution < 1.29 is 22.2 Å². The van der Waals surface area contributed by atoms with Gasteiger partial charge in [0.2, 0.25) is 0 Å². The van der Waals surface area contributed by atoms with E-state index in [1.165, 1.54) is 0 Å². The van der Waals surface area contributed by atoms with Crippen molar-refractivity contribution in [3.8, 4) is 0 Å². The van der Waals surface area contributed by atoms with Crippen LogP contribution in [0.4, 0.5) is 4.79 Å².